The van der Waals surface area contributed by atoms with Crippen molar-refractivity contribution in [2.45, 2.75) is 96.0 Å². The summed E-state index contributed by atoms with van der Waals surface area (Å²) in [6.45, 7) is 7.77. The number of aromatic nitrogens is 11. The van der Waals surface area contributed by atoms with Gasteiger partial charge < -0.3 is 46.5 Å². The summed E-state index contributed by atoms with van der Waals surface area (Å²) in [6, 6.07) is 24.1. The molecule has 4 aliphatic heterocycles. The number of nitrogens with one attached hydrogen (secondary N) is 1. The lowest BCUT2D eigenvalue weighted by atomic mass is 9.96. The summed E-state index contributed by atoms with van der Waals surface area (Å²) in [4.78, 5) is 50.8. The van der Waals surface area contributed by atoms with Crippen LogP contribution in [0.3, 0.4) is 0 Å². The molecule has 488 valence electrons. The Labute approximate surface area is 573 Å². The van der Waals surface area contributed by atoms with Gasteiger partial charge in [-0.05, 0) is 174 Å². The van der Waals surface area contributed by atoms with E-state index in [2.05, 4.69) is 106 Å². The van der Waals surface area contributed by atoms with Crippen molar-refractivity contribution in [1.82, 2.24) is 69.4 Å². The molecule has 25 nitrogen and oxygen atoms in total. The van der Waals surface area contributed by atoms with Crippen LogP contribution in [0.25, 0.3) is 11.3 Å². The van der Waals surface area contributed by atoms with Crippen LogP contribution in [0.4, 0.5) is 30.6 Å². The van der Waals surface area contributed by atoms with Crippen molar-refractivity contribution in [3.63, 3.8) is 0 Å². The van der Waals surface area contributed by atoms with E-state index in [1.54, 1.807) is 71.5 Å². The van der Waals surface area contributed by atoms with Crippen molar-refractivity contribution in [3.8, 4) is 47.0 Å². The number of amides is 2. The SMILES string of the molecule is CNC1CCn2nc(C#N)cc21.C[C@@H](Oc1cc(Br)cnc1N)c1cc(F)ccc1I.C[C@@H](Oc1nc(Br)cnc1N)c1cc(F)ccc1C(=O)N(C)C1CCn2nc(C#N)cc21.C[C@H]1Oc2nc(cnc2N)-c2c(C#N)nn3c2C(CC3)CN(C)C(=O)c2ccc(F)cc21. The van der Waals surface area contributed by atoms with E-state index in [9.17, 15) is 28.0 Å². The van der Waals surface area contributed by atoms with Crippen LogP contribution in [0, 0.1) is 55.0 Å². The molecule has 2 amide bonds. The van der Waals surface area contributed by atoms with E-state index in [1.807, 2.05) is 36.9 Å². The van der Waals surface area contributed by atoms with E-state index in [0.717, 1.165) is 50.1 Å². The molecular weight excluding hydrogens is 1470 g/mol. The van der Waals surface area contributed by atoms with Crippen molar-refractivity contribution in [2.24, 2.45) is 0 Å². The first-order valence-corrected chi connectivity index (χ1v) is 32.2. The highest BCUT2D eigenvalue weighted by molar-refractivity contribution is 14.1. The number of nitrogen functional groups attached to an aromatic ring is 3. The molecular formula is C64H60Br2F3IN20O5. The van der Waals surface area contributed by atoms with Crippen molar-refractivity contribution in [2.75, 3.05) is 44.9 Å². The standard InChI is InChI=1S/C22H20FN7O2.C21H19BrFN7O2.C13H11BrFIN2O.C8H10N4/c1-11-15-7-13(23)3-4-14(15)22(31)29(2)10-12-5-6-30-19(12)18(16(8-24)28-30)17-9-26-20(25)21(27-17)32-11;1-11(32-20-19(25)26-10-18(22)27-20)15-7-12(23)3-4-14(15)21(31)29(2)16-5-6-30-17(16)8-13(9-24)28-30;1-7(10-5-9(15)2-3-11(10)16)19-12-4-8(14)6-18-13(12)17;1-10-7-2-3-12-8(7)4-6(5-9)11-12/h3-4,7,9,11-12H,5-6,10H2,1-2H3,(H2,25,26);3-4,7-8,10-11,16H,5-6H2,1-2H3,(H2,25,26);2-7H,1H3,(H2,17,18);4,7,10H,2-3H2,1H3/t11-,12?;11-,16?;7-;/m111./s1. The number of rotatable bonds is 9. The number of aryl methyl sites for hydroxylation is 3. The summed E-state index contributed by atoms with van der Waals surface area (Å²) in [5.41, 5.74) is 24.6. The van der Waals surface area contributed by atoms with E-state index < -0.39 is 23.8 Å². The number of carbonyl (C=O) groups excluding carboxylic acids is 2. The predicted octanol–water partition coefficient (Wildman–Crippen LogP) is 10.8. The molecule has 3 aromatic carbocycles. The number of ether oxygens (including phenoxy) is 3. The first-order chi connectivity index (χ1) is 45.5. The minimum absolute atomic E-state index is 0.0450. The van der Waals surface area contributed by atoms with Gasteiger partial charge in [0.15, 0.2) is 40.3 Å². The summed E-state index contributed by atoms with van der Waals surface area (Å²) < 4.78 is 66.6. The summed E-state index contributed by atoms with van der Waals surface area (Å²) in [7, 11) is 5.32. The van der Waals surface area contributed by atoms with E-state index in [4.69, 9.17) is 41.9 Å². The van der Waals surface area contributed by atoms with Crippen LogP contribution < -0.4 is 36.7 Å². The molecule has 31 heteroatoms. The van der Waals surface area contributed by atoms with Gasteiger partial charge in [0.05, 0.1) is 52.8 Å². The Bertz CT molecular complexity index is 4550. The second-order valence-electron chi connectivity index (χ2n) is 22.3. The molecule has 13 rings (SSSR count). The second kappa shape index (κ2) is 29.3. The molecule has 0 saturated carbocycles. The van der Waals surface area contributed by atoms with Gasteiger partial charge in [0.1, 0.15) is 58.6 Å². The highest BCUT2D eigenvalue weighted by Crippen LogP contribution is 2.41. The fourth-order valence-electron chi connectivity index (χ4n) is 11.5. The Morgan fingerprint density at radius 3 is 2.12 bits per heavy atom. The van der Waals surface area contributed by atoms with Crippen LogP contribution in [0.5, 0.6) is 17.5 Å². The molecule has 6 atom stereocenters. The van der Waals surface area contributed by atoms with Crippen LogP contribution in [-0.2, 0) is 19.6 Å². The number of carbonyl (C=O) groups is 2. The highest BCUT2D eigenvalue weighted by atomic mass is 127. The number of nitrogens with zero attached hydrogens (tertiary/aromatic N) is 16. The fraction of sp³-hybridized carbons (Fsp3) is 0.297. The molecule has 95 heavy (non-hydrogen) atoms. The van der Waals surface area contributed by atoms with Crippen molar-refractivity contribution < 1.29 is 37.0 Å². The predicted molar refractivity (Wildman–Crippen MR) is 356 cm³/mol. The Kier molecular flexibility index (Phi) is 21.0. The van der Waals surface area contributed by atoms with E-state index >= 15 is 0 Å². The molecule has 9 aromatic rings. The molecule has 0 spiro atoms. The molecule has 4 aliphatic rings. The van der Waals surface area contributed by atoms with Crippen LogP contribution in [-0.4, -0.2) is 104 Å². The number of hydrogen-bond acceptors (Lipinski definition) is 20. The zero-order chi connectivity index (χ0) is 68.1. The number of hydrogen-bond donors (Lipinski definition) is 4. The first kappa shape index (κ1) is 68.1. The summed E-state index contributed by atoms with van der Waals surface area (Å²) in [6.07, 6.45) is 5.24. The van der Waals surface area contributed by atoms with Gasteiger partial charge in [-0.1, -0.05) is 0 Å². The molecule has 10 heterocycles. The third-order valence-electron chi connectivity index (χ3n) is 16.2. The van der Waals surface area contributed by atoms with Crippen molar-refractivity contribution in [1.29, 1.82) is 15.8 Å². The topological polar surface area (TPSA) is 348 Å². The Hall–Kier alpha value is -9.75. The van der Waals surface area contributed by atoms with Crippen molar-refractivity contribution >= 4 is 83.7 Å². The number of fused-ring (bicyclic) bond motifs is 6. The zero-order valence-corrected chi connectivity index (χ0v) is 57.1. The Morgan fingerprint density at radius 2 is 1.40 bits per heavy atom. The zero-order valence-electron chi connectivity index (χ0n) is 51.8. The Balaban J connectivity index is 0.000000146. The van der Waals surface area contributed by atoms with Gasteiger partial charge in [-0.2, -0.15) is 31.1 Å². The van der Waals surface area contributed by atoms with Crippen molar-refractivity contribution in [3.05, 3.63) is 183 Å². The third-order valence-corrected chi connectivity index (χ3v) is 18.0. The maximum Gasteiger partial charge on any atom is 0.258 e. The number of benzene rings is 3. The van der Waals surface area contributed by atoms with Crippen LogP contribution in [0.2, 0.25) is 0 Å². The van der Waals surface area contributed by atoms with E-state index in [-0.39, 0.29) is 64.8 Å². The van der Waals surface area contributed by atoms with Crippen LogP contribution in [0.15, 0.2) is 100 Å². The molecule has 0 fully saturated rings. The minimum atomic E-state index is -0.733. The summed E-state index contributed by atoms with van der Waals surface area (Å²) in [5.74, 6) is -0.842. The van der Waals surface area contributed by atoms with Gasteiger partial charge in [-0.3, -0.25) is 23.6 Å². The van der Waals surface area contributed by atoms with Gasteiger partial charge >= 0.3 is 0 Å². The van der Waals surface area contributed by atoms with Gasteiger partial charge in [0.2, 0.25) is 0 Å². The number of anilines is 3. The van der Waals surface area contributed by atoms with E-state index in [1.165, 1.54) is 60.9 Å². The van der Waals surface area contributed by atoms with E-state index in [0.29, 0.717) is 93.2 Å². The maximum absolute atomic E-state index is 14.1. The number of nitriles is 3. The monoisotopic (exact) mass is 1530 g/mol. The number of nitrogens with two attached hydrogens (primary N) is 3. The largest absolute Gasteiger partial charge is 0.482 e. The average Bonchev–Trinajstić information content (AvgIpc) is 1.62. The normalized spacial score (nSPS) is 16.9. The third kappa shape index (κ3) is 15.0. The maximum atomic E-state index is 14.1. The Morgan fingerprint density at radius 1 is 0.768 bits per heavy atom. The molecule has 2 bridgehead atoms. The molecule has 0 saturated heterocycles. The highest BCUT2D eigenvalue weighted by Gasteiger charge is 2.36. The summed E-state index contributed by atoms with van der Waals surface area (Å²) in [5, 5.41) is 43.4. The van der Waals surface area contributed by atoms with Gasteiger partial charge in [-0.25, -0.2) is 38.1 Å². The van der Waals surface area contributed by atoms with Gasteiger partial charge in [0.25, 0.3) is 23.6 Å². The van der Waals surface area contributed by atoms with Gasteiger partial charge in [0, 0.05) is 88.2 Å². The smallest absolute Gasteiger partial charge is 0.258 e. The molecule has 0 radical (unpaired) electrons. The number of likely N-dealkylation sites (N-methyl/N-ethyl adjacent to an activating group) is 1. The molecule has 7 N–H and O–H groups in total. The fourth-order valence-corrected chi connectivity index (χ4v) is 12.9. The lowest BCUT2D eigenvalue weighted by Gasteiger charge is -2.26. The lowest BCUT2D eigenvalue weighted by molar-refractivity contribution is 0.0724. The lowest BCUT2D eigenvalue weighted by Crippen LogP contribution is -2.32. The van der Waals surface area contributed by atoms with Gasteiger partial charge in [-0.15, -0.1) is 0 Å². The number of halogens is 6. The first-order valence-electron chi connectivity index (χ1n) is 29.5. The number of pyridine rings is 1. The molecule has 6 aromatic heterocycles. The van der Waals surface area contributed by atoms with Crippen LogP contribution in [0.1, 0.15) is 148 Å². The quantitative estimate of drug-likeness (QED) is 0.0975. The average molecular weight is 1530 g/mol. The molecule has 0 aliphatic carbocycles. The minimum Gasteiger partial charge on any atom is -0.482 e. The second-order valence-corrected chi connectivity index (χ2v) is 25.2. The summed E-state index contributed by atoms with van der Waals surface area (Å²) >= 11 is 8.67. The van der Waals surface area contributed by atoms with Crippen LogP contribution >= 0.6 is 54.5 Å². The molecule has 3 unspecified atom stereocenters.